The molecule has 2 heterocycles. The summed E-state index contributed by atoms with van der Waals surface area (Å²) in [6.07, 6.45) is 0. The van der Waals surface area contributed by atoms with Crippen LogP contribution in [-0.2, 0) is 0 Å². The minimum Gasteiger partial charge on any atom is -0.0614 e. The topological polar surface area (TPSA) is 0 Å². The second-order valence-electron chi connectivity index (χ2n) is 6.74. The Bertz CT molecular complexity index is 968. The Morgan fingerprint density at radius 2 is 0.560 bits per heavy atom. The molecule has 0 N–H and O–H groups in total. The van der Waals surface area contributed by atoms with Crippen molar-refractivity contribution in [2.24, 2.45) is 0 Å². The normalized spacial score (nSPS) is 14.7. The monoisotopic (exact) mass is 335 g/mol. The van der Waals surface area contributed by atoms with Crippen LogP contribution in [-0.4, -0.2) is 0 Å². The van der Waals surface area contributed by atoms with Crippen LogP contribution >= 0.6 is 7.26 Å². The highest BCUT2D eigenvalue weighted by Crippen LogP contribution is 2.66. The van der Waals surface area contributed by atoms with Gasteiger partial charge in [-0.05, 0) is 24.3 Å². The average molecular weight is 335 g/mol. The maximum atomic E-state index is 2.36. The fraction of sp³-hybridized carbons (Fsp3) is 0. The van der Waals surface area contributed by atoms with Crippen molar-refractivity contribution in [2.75, 3.05) is 0 Å². The number of hydrogen-bond acceptors (Lipinski definition) is 0. The number of hydrogen-bond donors (Lipinski definition) is 0. The maximum absolute atomic E-state index is 2.36. The molecule has 0 unspecified atom stereocenters. The molecule has 0 aliphatic carbocycles. The Morgan fingerprint density at radius 3 is 0.840 bits per heavy atom. The van der Waals surface area contributed by atoms with Crippen molar-refractivity contribution in [1.82, 2.24) is 0 Å². The summed E-state index contributed by atoms with van der Waals surface area (Å²) in [6, 6.07) is 36.1. The largest absolute Gasteiger partial charge is 0.146 e. The Kier molecular flexibility index (Phi) is 2.55. The summed E-state index contributed by atoms with van der Waals surface area (Å²) < 4.78 is 0. The number of fused-ring (bicyclic) bond motifs is 10. The Morgan fingerprint density at radius 1 is 0.320 bits per heavy atom. The zero-order chi connectivity index (χ0) is 16.4. The fourth-order valence-corrected chi connectivity index (χ4v) is 9.78. The summed E-state index contributed by atoms with van der Waals surface area (Å²) in [4.78, 5) is 0. The first kappa shape index (κ1) is 13.6. The van der Waals surface area contributed by atoms with E-state index in [1.54, 1.807) is 0 Å². The van der Waals surface area contributed by atoms with E-state index in [9.17, 15) is 0 Å². The lowest BCUT2D eigenvalue weighted by atomic mass is 10.1. The van der Waals surface area contributed by atoms with Gasteiger partial charge >= 0.3 is 0 Å². The first-order valence-corrected chi connectivity index (χ1v) is 10.5. The maximum Gasteiger partial charge on any atom is 0.146 e. The predicted molar refractivity (Wildman–Crippen MR) is 109 cm³/mol. The van der Waals surface area contributed by atoms with Gasteiger partial charge in [-0.25, -0.2) is 0 Å². The van der Waals surface area contributed by atoms with E-state index in [2.05, 4.69) is 97.1 Å². The minimum absolute atomic E-state index is 1.41. The van der Waals surface area contributed by atoms with Gasteiger partial charge in [0.1, 0.15) is 28.5 Å². The molecule has 4 aromatic rings. The van der Waals surface area contributed by atoms with E-state index in [-0.39, 0.29) is 0 Å². The molecule has 116 valence electrons. The predicted octanol–water partition coefficient (Wildman–Crippen LogP) is 4.27. The van der Waals surface area contributed by atoms with Crippen molar-refractivity contribution < 1.29 is 0 Å². The van der Waals surface area contributed by atoms with Crippen LogP contribution in [0.5, 0.6) is 0 Å². The van der Waals surface area contributed by atoms with Gasteiger partial charge in [0, 0.05) is 22.3 Å². The van der Waals surface area contributed by atoms with Crippen molar-refractivity contribution in [3.63, 3.8) is 0 Å². The molecule has 2 aliphatic rings. The van der Waals surface area contributed by atoms with Crippen molar-refractivity contribution in [3.8, 4) is 22.3 Å². The number of benzene rings is 4. The molecule has 0 atom stereocenters. The second kappa shape index (κ2) is 4.69. The molecule has 6 rings (SSSR count). The van der Waals surface area contributed by atoms with E-state index in [1.807, 2.05) is 0 Å². The second-order valence-corrected chi connectivity index (χ2v) is 10.0. The van der Waals surface area contributed by atoms with Gasteiger partial charge in [0.15, 0.2) is 0 Å². The van der Waals surface area contributed by atoms with Crippen molar-refractivity contribution in [1.29, 1.82) is 0 Å². The SMILES string of the molecule is c1ccc2c(c1)-c1ccccc1[P+]21c2ccccc2-c2ccccc21. The molecule has 0 bridgehead atoms. The molecule has 1 spiro atoms. The lowest BCUT2D eigenvalue weighted by Gasteiger charge is -2.20. The fourth-order valence-electron chi connectivity index (χ4n) is 4.75. The zero-order valence-corrected chi connectivity index (χ0v) is 14.6. The minimum atomic E-state index is -1.76. The van der Waals surface area contributed by atoms with Crippen molar-refractivity contribution in [2.45, 2.75) is 0 Å². The van der Waals surface area contributed by atoms with Gasteiger partial charge in [-0.15, -0.1) is 0 Å². The van der Waals surface area contributed by atoms with Gasteiger partial charge in [-0.2, -0.15) is 0 Å². The van der Waals surface area contributed by atoms with Gasteiger partial charge in [0.2, 0.25) is 0 Å². The number of rotatable bonds is 0. The van der Waals surface area contributed by atoms with E-state index in [0.717, 1.165) is 0 Å². The van der Waals surface area contributed by atoms with E-state index in [0.29, 0.717) is 0 Å². The van der Waals surface area contributed by atoms with Gasteiger partial charge in [0.25, 0.3) is 0 Å². The van der Waals surface area contributed by atoms with Crippen LogP contribution in [0.1, 0.15) is 0 Å². The summed E-state index contributed by atoms with van der Waals surface area (Å²) in [6.45, 7) is 0. The van der Waals surface area contributed by atoms with Crippen LogP contribution in [0.4, 0.5) is 0 Å². The quantitative estimate of drug-likeness (QED) is 0.364. The van der Waals surface area contributed by atoms with Gasteiger partial charge in [0.05, 0.1) is 0 Å². The van der Waals surface area contributed by atoms with E-state index in [1.165, 1.54) is 43.5 Å². The molecular formula is C24H16P+. The summed E-state index contributed by atoms with van der Waals surface area (Å²) in [7, 11) is -1.76. The Labute approximate surface area is 148 Å². The van der Waals surface area contributed by atoms with Crippen molar-refractivity contribution in [3.05, 3.63) is 97.1 Å². The van der Waals surface area contributed by atoms with E-state index < -0.39 is 7.26 Å². The van der Waals surface area contributed by atoms with Crippen LogP contribution in [0.15, 0.2) is 97.1 Å². The van der Waals surface area contributed by atoms with E-state index >= 15 is 0 Å². The summed E-state index contributed by atoms with van der Waals surface area (Å²) >= 11 is 0. The molecule has 0 amide bonds. The summed E-state index contributed by atoms with van der Waals surface area (Å²) in [5.74, 6) is 0. The van der Waals surface area contributed by atoms with Crippen LogP contribution in [0, 0.1) is 0 Å². The molecule has 0 saturated carbocycles. The highest BCUT2D eigenvalue weighted by atomic mass is 31.2. The molecule has 0 fully saturated rings. The lowest BCUT2D eigenvalue weighted by Crippen LogP contribution is -2.32. The molecule has 2 aliphatic heterocycles. The summed E-state index contributed by atoms with van der Waals surface area (Å²) in [5, 5.41) is 6.09. The molecule has 25 heavy (non-hydrogen) atoms. The van der Waals surface area contributed by atoms with Crippen LogP contribution in [0.3, 0.4) is 0 Å². The smallest absolute Gasteiger partial charge is 0.0614 e. The van der Waals surface area contributed by atoms with Gasteiger partial charge in [-0.3, -0.25) is 0 Å². The molecule has 0 radical (unpaired) electrons. The van der Waals surface area contributed by atoms with Crippen LogP contribution in [0.2, 0.25) is 0 Å². The van der Waals surface area contributed by atoms with E-state index in [4.69, 9.17) is 0 Å². The lowest BCUT2D eigenvalue weighted by molar-refractivity contribution is 1.71. The first-order chi connectivity index (χ1) is 12.4. The molecule has 0 saturated heterocycles. The van der Waals surface area contributed by atoms with Gasteiger partial charge in [-0.1, -0.05) is 72.8 Å². The zero-order valence-electron chi connectivity index (χ0n) is 13.7. The third kappa shape index (κ3) is 1.48. The highest BCUT2D eigenvalue weighted by Gasteiger charge is 2.60. The Hall–Kier alpha value is -2.69. The molecule has 4 aromatic carbocycles. The Balaban J connectivity index is 1.89. The standard InChI is InChI=1S/C24H16P/c1-5-13-21-17(9-1)18-10-2-6-14-22(18)25(21)23-15-7-3-11-19(23)20-12-4-8-16-24(20)25/h1-16H/q+1. The molecule has 1 heteroatoms. The highest BCUT2D eigenvalue weighted by molar-refractivity contribution is 8.03. The molecule has 0 aromatic heterocycles. The van der Waals surface area contributed by atoms with Crippen LogP contribution < -0.4 is 21.2 Å². The van der Waals surface area contributed by atoms with Gasteiger partial charge < -0.3 is 0 Å². The average Bonchev–Trinajstić information content (AvgIpc) is 3.16. The summed E-state index contributed by atoms with van der Waals surface area (Å²) in [5.41, 5.74) is 5.66. The first-order valence-electron chi connectivity index (χ1n) is 8.70. The van der Waals surface area contributed by atoms with Crippen molar-refractivity contribution >= 4 is 28.5 Å². The third-order valence-corrected chi connectivity index (χ3v) is 10.1. The molecule has 0 nitrogen and oxygen atoms in total. The molecular weight excluding hydrogens is 319 g/mol. The third-order valence-electron chi connectivity index (χ3n) is 5.64. The van der Waals surface area contributed by atoms with Crippen LogP contribution in [0.25, 0.3) is 22.3 Å².